The van der Waals surface area contributed by atoms with Gasteiger partial charge < -0.3 is 25.6 Å². The molecule has 0 aromatic heterocycles. The van der Waals surface area contributed by atoms with Crippen LogP contribution in [0.1, 0.15) is 27.7 Å². The van der Waals surface area contributed by atoms with Crippen LogP contribution in [-0.4, -0.2) is 30.5 Å². The summed E-state index contributed by atoms with van der Waals surface area (Å²) in [5.74, 6) is 1.16. The van der Waals surface area contributed by atoms with Gasteiger partial charge in [-0.05, 0) is 27.7 Å². The Labute approximate surface area is 114 Å². The number of anilines is 2. The number of nitrogen functional groups attached to an aromatic ring is 1. The van der Waals surface area contributed by atoms with Crippen molar-refractivity contribution in [1.82, 2.24) is 0 Å². The van der Waals surface area contributed by atoms with Gasteiger partial charge in [0.1, 0.15) is 0 Å². The van der Waals surface area contributed by atoms with Gasteiger partial charge in [0.2, 0.25) is 0 Å². The van der Waals surface area contributed by atoms with Gasteiger partial charge in [0.25, 0.3) is 0 Å². The Morgan fingerprint density at radius 1 is 1.05 bits per heavy atom. The summed E-state index contributed by atoms with van der Waals surface area (Å²) in [7, 11) is 3.13. The fourth-order valence-electron chi connectivity index (χ4n) is 1.49. The number of ether oxygens (including phenoxy) is 2. The van der Waals surface area contributed by atoms with Crippen molar-refractivity contribution < 1.29 is 14.6 Å². The van der Waals surface area contributed by atoms with Crippen LogP contribution in [0.3, 0.4) is 0 Å². The zero-order chi connectivity index (χ0) is 14.8. The van der Waals surface area contributed by atoms with E-state index in [1.165, 1.54) is 0 Å². The van der Waals surface area contributed by atoms with Gasteiger partial charge >= 0.3 is 0 Å². The number of hydrogen-bond donors (Lipinski definition) is 3. The van der Waals surface area contributed by atoms with Crippen molar-refractivity contribution in [1.29, 1.82) is 0 Å². The first-order valence-electron chi connectivity index (χ1n) is 6.14. The first-order chi connectivity index (χ1) is 8.62. The molecular weight excluding hydrogens is 244 g/mol. The highest BCUT2D eigenvalue weighted by atomic mass is 16.5. The van der Waals surface area contributed by atoms with E-state index < -0.39 is 11.1 Å². The highest BCUT2D eigenvalue weighted by molar-refractivity contribution is 5.72. The average molecular weight is 268 g/mol. The SMILES string of the molecule is COc1cc(N)c(NC(C)(C)C(C)(C)O)cc1OC. The predicted octanol–water partition coefficient (Wildman–Crippen LogP) is 2.25. The molecular formula is C14H24N2O3. The number of hydrogen-bond acceptors (Lipinski definition) is 5. The summed E-state index contributed by atoms with van der Waals surface area (Å²) in [5, 5.41) is 13.4. The highest BCUT2D eigenvalue weighted by Crippen LogP contribution is 2.37. The van der Waals surface area contributed by atoms with E-state index in [2.05, 4.69) is 5.32 Å². The molecule has 1 aromatic rings. The molecule has 0 fully saturated rings. The number of nitrogens with two attached hydrogens (primary N) is 1. The Kier molecular flexibility index (Phi) is 4.20. The molecule has 0 saturated carbocycles. The molecule has 0 aliphatic carbocycles. The first-order valence-corrected chi connectivity index (χ1v) is 6.14. The second-order valence-corrected chi connectivity index (χ2v) is 5.60. The van der Waals surface area contributed by atoms with Crippen LogP contribution in [0.25, 0.3) is 0 Å². The molecule has 0 aliphatic rings. The van der Waals surface area contributed by atoms with Crippen LogP contribution in [0.5, 0.6) is 11.5 Å². The molecule has 5 nitrogen and oxygen atoms in total. The van der Waals surface area contributed by atoms with Crippen molar-refractivity contribution in [2.75, 3.05) is 25.3 Å². The van der Waals surface area contributed by atoms with Gasteiger partial charge in [0.05, 0.1) is 36.7 Å². The lowest BCUT2D eigenvalue weighted by Gasteiger charge is -2.39. The van der Waals surface area contributed by atoms with E-state index in [1.54, 1.807) is 40.2 Å². The minimum absolute atomic E-state index is 0.537. The zero-order valence-electron chi connectivity index (χ0n) is 12.5. The summed E-state index contributed by atoms with van der Waals surface area (Å²) in [5.41, 5.74) is 5.76. The molecule has 0 amide bonds. The van der Waals surface area contributed by atoms with E-state index in [0.29, 0.717) is 22.9 Å². The van der Waals surface area contributed by atoms with Crippen molar-refractivity contribution in [2.45, 2.75) is 38.8 Å². The molecule has 19 heavy (non-hydrogen) atoms. The second kappa shape index (κ2) is 5.17. The summed E-state index contributed by atoms with van der Waals surface area (Å²) in [6.45, 7) is 7.31. The van der Waals surface area contributed by atoms with Crippen LogP contribution < -0.4 is 20.5 Å². The molecule has 0 radical (unpaired) electrons. The number of benzene rings is 1. The Bertz CT molecular complexity index is 451. The van der Waals surface area contributed by atoms with E-state index in [1.807, 2.05) is 13.8 Å². The van der Waals surface area contributed by atoms with Gasteiger partial charge in [-0.2, -0.15) is 0 Å². The summed E-state index contributed by atoms with van der Waals surface area (Å²) < 4.78 is 10.4. The van der Waals surface area contributed by atoms with E-state index in [0.717, 1.165) is 0 Å². The summed E-state index contributed by atoms with van der Waals surface area (Å²) in [6.07, 6.45) is 0. The molecule has 108 valence electrons. The quantitative estimate of drug-likeness (QED) is 0.714. The van der Waals surface area contributed by atoms with Gasteiger partial charge in [0, 0.05) is 12.1 Å². The Balaban J connectivity index is 3.15. The highest BCUT2D eigenvalue weighted by Gasteiger charge is 2.35. The lowest BCUT2D eigenvalue weighted by molar-refractivity contribution is 0.0241. The lowest BCUT2D eigenvalue weighted by Crippen LogP contribution is -2.51. The Morgan fingerprint density at radius 2 is 1.53 bits per heavy atom. The van der Waals surface area contributed by atoms with Crippen molar-refractivity contribution in [2.24, 2.45) is 0 Å². The van der Waals surface area contributed by atoms with E-state index in [-0.39, 0.29) is 0 Å². The van der Waals surface area contributed by atoms with Crippen LogP contribution in [0.15, 0.2) is 12.1 Å². The third kappa shape index (κ3) is 3.23. The van der Waals surface area contributed by atoms with Crippen molar-refractivity contribution in [3.63, 3.8) is 0 Å². The van der Waals surface area contributed by atoms with Gasteiger partial charge in [-0.1, -0.05) is 0 Å². The third-order valence-corrected chi connectivity index (χ3v) is 3.53. The van der Waals surface area contributed by atoms with E-state index in [9.17, 15) is 5.11 Å². The molecule has 5 heteroatoms. The maximum Gasteiger partial charge on any atom is 0.162 e. The van der Waals surface area contributed by atoms with E-state index in [4.69, 9.17) is 15.2 Å². The summed E-state index contributed by atoms with van der Waals surface area (Å²) in [4.78, 5) is 0. The van der Waals surface area contributed by atoms with Crippen LogP contribution >= 0.6 is 0 Å². The zero-order valence-corrected chi connectivity index (χ0v) is 12.5. The standard InChI is InChI=1S/C14H24N2O3/c1-13(2,14(3,4)17)16-10-8-12(19-6)11(18-5)7-9(10)15/h7-8,16-17H,15H2,1-6H3. The fourth-order valence-corrected chi connectivity index (χ4v) is 1.49. The van der Waals surface area contributed by atoms with Crippen LogP contribution in [0.2, 0.25) is 0 Å². The number of nitrogens with one attached hydrogen (secondary N) is 1. The van der Waals surface area contributed by atoms with Crippen molar-refractivity contribution >= 4 is 11.4 Å². The van der Waals surface area contributed by atoms with Gasteiger partial charge in [-0.3, -0.25) is 0 Å². The third-order valence-electron chi connectivity index (χ3n) is 3.53. The van der Waals surface area contributed by atoms with Gasteiger partial charge in [0.15, 0.2) is 11.5 Å². The topological polar surface area (TPSA) is 76.7 Å². The molecule has 0 aliphatic heterocycles. The molecule has 0 spiro atoms. The van der Waals surface area contributed by atoms with Crippen LogP contribution in [0, 0.1) is 0 Å². The summed E-state index contributed by atoms with van der Waals surface area (Å²) in [6, 6.07) is 3.46. The molecule has 0 unspecified atom stereocenters. The molecule has 1 aromatic carbocycles. The van der Waals surface area contributed by atoms with Crippen LogP contribution in [0.4, 0.5) is 11.4 Å². The van der Waals surface area contributed by atoms with E-state index >= 15 is 0 Å². The maximum atomic E-state index is 10.2. The number of methoxy groups -OCH3 is 2. The monoisotopic (exact) mass is 268 g/mol. The van der Waals surface area contributed by atoms with Gasteiger partial charge in [-0.15, -0.1) is 0 Å². The molecule has 1 rings (SSSR count). The Hall–Kier alpha value is -1.62. The number of rotatable bonds is 5. The molecule has 0 bridgehead atoms. The second-order valence-electron chi connectivity index (χ2n) is 5.60. The predicted molar refractivity (Wildman–Crippen MR) is 78.0 cm³/mol. The Morgan fingerprint density at radius 3 is 1.95 bits per heavy atom. The largest absolute Gasteiger partial charge is 0.493 e. The smallest absolute Gasteiger partial charge is 0.162 e. The molecule has 0 atom stereocenters. The minimum Gasteiger partial charge on any atom is -0.493 e. The summed E-state index contributed by atoms with van der Waals surface area (Å²) >= 11 is 0. The average Bonchev–Trinajstić information content (AvgIpc) is 2.29. The lowest BCUT2D eigenvalue weighted by atomic mass is 9.85. The van der Waals surface area contributed by atoms with Crippen molar-refractivity contribution in [3.8, 4) is 11.5 Å². The normalized spacial score (nSPS) is 12.2. The van der Waals surface area contributed by atoms with Gasteiger partial charge in [-0.25, -0.2) is 0 Å². The molecule has 0 heterocycles. The first kappa shape index (κ1) is 15.4. The maximum absolute atomic E-state index is 10.2. The number of aliphatic hydroxyl groups is 1. The molecule has 4 N–H and O–H groups in total. The van der Waals surface area contributed by atoms with Crippen molar-refractivity contribution in [3.05, 3.63) is 12.1 Å². The van der Waals surface area contributed by atoms with Crippen LogP contribution in [-0.2, 0) is 0 Å². The molecule has 0 saturated heterocycles. The minimum atomic E-state index is -0.910. The fraction of sp³-hybridized carbons (Fsp3) is 0.571.